The second-order valence-corrected chi connectivity index (χ2v) is 3.66. The zero-order chi connectivity index (χ0) is 9.42. The minimum atomic E-state index is -0.441. The highest BCUT2D eigenvalue weighted by Gasteiger charge is 2.29. The lowest BCUT2D eigenvalue weighted by Crippen LogP contribution is -2.24. The van der Waals surface area contributed by atoms with Gasteiger partial charge in [-0.1, -0.05) is 5.16 Å². The average molecular weight is 182 g/mol. The number of rotatable bonds is 1. The summed E-state index contributed by atoms with van der Waals surface area (Å²) in [5.41, 5.74) is 7.24. The van der Waals surface area contributed by atoms with Crippen molar-refractivity contribution < 1.29 is 9.63 Å². The van der Waals surface area contributed by atoms with E-state index in [0.717, 1.165) is 29.9 Å². The zero-order valence-corrected chi connectivity index (χ0v) is 7.66. The van der Waals surface area contributed by atoms with Crippen LogP contribution in [-0.2, 0) is 6.42 Å². The van der Waals surface area contributed by atoms with Crippen molar-refractivity contribution in [2.24, 2.45) is 11.7 Å². The molecular weight excluding hydrogens is 168 g/mol. The number of aliphatic hydroxyl groups is 1. The van der Waals surface area contributed by atoms with Crippen molar-refractivity contribution >= 4 is 0 Å². The van der Waals surface area contributed by atoms with Gasteiger partial charge < -0.3 is 15.4 Å². The van der Waals surface area contributed by atoms with Crippen molar-refractivity contribution in [1.29, 1.82) is 0 Å². The average Bonchev–Trinajstić information content (AvgIpc) is 2.48. The monoisotopic (exact) mass is 182 g/mol. The molecule has 1 aromatic heterocycles. The Hall–Kier alpha value is -0.870. The second-order valence-electron chi connectivity index (χ2n) is 3.66. The van der Waals surface area contributed by atoms with Crippen LogP contribution in [0.25, 0.3) is 0 Å². The number of nitrogens with two attached hydrogens (primary N) is 1. The fourth-order valence-electron chi connectivity index (χ4n) is 1.96. The van der Waals surface area contributed by atoms with Crippen molar-refractivity contribution in [3.8, 4) is 0 Å². The molecule has 0 amide bonds. The first-order chi connectivity index (χ1) is 6.22. The predicted octanol–water partition coefficient (Wildman–Crippen LogP) is 0.538. The molecule has 72 valence electrons. The van der Waals surface area contributed by atoms with E-state index >= 15 is 0 Å². The first-order valence-electron chi connectivity index (χ1n) is 4.55. The van der Waals surface area contributed by atoms with Gasteiger partial charge in [-0.05, 0) is 25.8 Å². The van der Waals surface area contributed by atoms with Crippen molar-refractivity contribution in [2.45, 2.75) is 25.9 Å². The van der Waals surface area contributed by atoms with E-state index in [1.165, 1.54) is 0 Å². The SMILES string of the molecule is Cc1noc2c1C(O)CC(CN)C2. The molecule has 0 saturated heterocycles. The third-order valence-corrected chi connectivity index (χ3v) is 2.68. The van der Waals surface area contributed by atoms with Gasteiger partial charge in [0, 0.05) is 12.0 Å². The number of hydrogen-bond donors (Lipinski definition) is 2. The molecule has 0 saturated carbocycles. The molecule has 2 unspecified atom stereocenters. The van der Waals surface area contributed by atoms with Gasteiger partial charge in [-0.2, -0.15) is 0 Å². The molecule has 13 heavy (non-hydrogen) atoms. The standard InChI is InChI=1S/C9H14N2O2/c1-5-9-7(12)2-6(4-10)3-8(9)13-11-5/h6-7,12H,2-4,10H2,1H3. The normalized spacial score (nSPS) is 27.3. The fraction of sp³-hybridized carbons (Fsp3) is 0.667. The van der Waals surface area contributed by atoms with Crippen molar-refractivity contribution in [3.05, 3.63) is 17.0 Å². The summed E-state index contributed by atoms with van der Waals surface area (Å²) in [6.45, 7) is 2.45. The van der Waals surface area contributed by atoms with E-state index in [-0.39, 0.29) is 0 Å². The minimum absolute atomic E-state index is 0.329. The Kier molecular flexibility index (Phi) is 2.09. The number of aromatic nitrogens is 1. The highest BCUT2D eigenvalue weighted by molar-refractivity contribution is 5.27. The molecule has 1 aliphatic rings. The van der Waals surface area contributed by atoms with Gasteiger partial charge in [0.05, 0.1) is 11.8 Å². The van der Waals surface area contributed by atoms with Gasteiger partial charge in [-0.15, -0.1) is 0 Å². The molecule has 0 spiro atoms. The van der Waals surface area contributed by atoms with E-state index in [1.807, 2.05) is 6.92 Å². The molecule has 1 aliphatic carbocycles. The van der Waals surface area contributed by atoms with Gasteiger partial charge in [-0.3, -0.25) is 0 Å². The topological polar surface area (TPSA) is 72.3 Å². The molecule has 1 aromatic rings. The maximum Gasteiger partial charge on any atom is 0.143 e. The maximum atomic E-state index is 9.78. The van der Waals surface area contributed by atoms with E-state index < -0.39 is 6.10 Å². The Bertz CT molecular complexity index is 309. The Balaban J connectivity index is 2.33. The minimum Gasteiger partial charge on any atom is -0.388 e. The molecule has 0 bridgehead atoms. The number of hydrogen-bond acceptors (Lipinski definition) is 4. The smallest absolute Gasteiger partial charge is 0.143 e. The molecule has 3 N–H and O–H groups in total. The van der Waals surface area contributed by atoms with E-state index in [0.29, 0.717) is 12.5 Å². The first kappa shape index (κ1) is 8.72. The van der Waals surface area contributed by atoms with Gasteiger partial charge in [0.2, 0.25) is 0 Å². The van der Waals surface area contributed by atoms with Crippen LogP contribution in [-0.4, -0.2) is 16.8 Å². The fourth-order valence-corrected chi connectivity index (χ4v) is 1.96. The summed E-state index contributed by atoms with van der Waals surface area (Å²) < 4.78 is 5.12. The van der Waals surface area contributed by atoms with Crippen LogP contribution in [0.5, 0.6) is 0 Å². The molecular formula is C9H14N2O2. The van der Waals surface area contributed by atoms with Gasteiger partial charge in [-0.25, -0.2) is 0 Å². The molecule has 4 nitrogen and oxygen atoms in total. The molecule has 2 atom stereocenters. The van der Waals surface area contributed by atoms with E-state index in [4.69, 9.17) is 10.3 Å². The molecule has 4 heteroatoms. The maximum absolute atomic E-state index is 9.78. The van der Waals surface area contributed by atoms with Crippen molar-refractivity contribution in [2.75, 3.05) is 6.54 Å². The quantitative estimate of drug-likeness (QED) is 0.664. The summed E-state index contributed by atoms with van der Waals surface area (Å²) in [5, 5.41) is 13.6. The molecule has 0 aliphatic heterocycles. The third-order valence-electron chi connectivity index (χ3n) is 2.68. The van der Waals surface area contributed by atoms with Crippen LogP contribution >= 0.6 is 0 Å². The van der Waals surface area contributed by atoms with Crippen LogP contribution in [0.1, 0.15) is 29.5 Å². The summed E-state index contributed by atoms with van der Waals surface area (Å²) >= 11 is 0. The lowest BCUT2D eigenvalue weighted by Gasteiger charge is -2.23. The summed E-state index contributed by atoms with van der Waals surface area (Å²) in [6.07, 6.45) is 1.10. The van der Waals surface area contributed by atoms with Crippen LogP contribution in [0.15, 0.2) is 4.52 Å². The predicted molar refractivity (Wildman–Crippen MR) is 47.1 cm³/mol. The third kappa shape index (κ3) is 1.36. The van der Waals surface area contributed by atoms with Crippen molar-refractivity contribution in [1.82, 2.24) is 5.16 Å². The molecule has 0 aromatic carbocycles. The van der Waals surface area contributed by atoms with E-state index in [1.54, 1.807) is 0 Å². The first-order valence-corrected chi connectivity index (χ1v) is 4.55. The Morgan fingerprint density at radius 1 is 1.69 bits per heavy atom. The van der Waals surface area contributed by atoms with Gasteiger partial charge >= 0.3 is 0 Å². The Morgan fingerprint density at radius 3 is 3.15 bits per heavy atom. The molecule has 0 radical (unpaired) electrons. The summed E-state index contributed by atoms with van der Waals surface area (Å²) in [6, 6.07) is 0. The van der Waals surface area contributed by atoms with Gasteiger partial charge in [0.25, 0.3) is 0 Å². The van der Waals surface area contributed by atoms with Crippen LogP contribution in [0.4, 0.5) is 0 Å². The lowest BCUT2D eigenvalue weighted by atomic mass is 9.85. The molecule has 1 heterocycles. The van der Waals surface area contributed by atoms with E-state index in [2.05, 4.69) is 5.16 Å². The zero-order valence-electron chi connectivity index (χ0n) is 7.66. The lowest BCUT2D eigenvalue weighted by molar-refractivity contribution is 0.127. The second kappa shape index (κ2) is 3.12. The van der Waals surface area contributed by atoms with Crippen molar-refractivity contribution in [3.63, 3.8) is 0 Å². The van der Waals surface area contributed by atoms with Gasteiger partial charge in [0.15, 0.2) is 0 Å². The summed E-state index contributed by atoms with van der Waals surface area (Å²) in [4.78, 5) is 0. The highest BCUT2D eigenvalue weighted by Crippen LogP contribution is 2.34. The van der Waals surface area contributed by atoms with Crippen LogP contribution in [0.3, 0.4) is 0 Å². The molecule has 0 fully saturated rings. The van der Waals surface area contributed by atoms with Crippen LogP contribution < -0.4 is 5.73 Å². The van der Waals surface area contributed by atoms with Crippen LogP contribution in [0.2, 0.25) is 0 Å². The largest absolute Gasteiger partial charge is 0.388 e. The Labute approximate surface area is 76.7 Å². The van der Waals surface area contributed by atoms with Gasteiger partial charge in [0.1, 0.15) is 5.76 Å². The number of aryl methyl sites for hydroxylation is 1. The van der Waals surface area contributed by atoms with Crippen LogP contribution in [0, 0.1) is 12.8 Å². The molecule has 2 rings (SSSR count). The number of aliphatic hydroxyl groups excluding tert-OH is 1. The Morgan fingerprint density at radius 2 is 2.46 bits per heavy atom. The highest BCUT2D eigenvalue weighted by atomic mass is 16.5. The number of fused-ring (bicyclic) bond motifs is 1. The summed E-state index contributed by atoms with van der Waals surface area (Å²) in [7, 11) is 0. The summed E-state index contributed by atoms with van der Waals surface area (Å²) in [5.74, 6) is 1.14. The van der Waals surface area contributed by atoms with E-state index in [9.17, 15) is 5.11 Å². The number of nitrogens with zero attached hydrogens (tertiary/aromatic N) is 1.